The van der Waals surface area contributed by atoms with E-state index in [4.69, 9.17) is 11.6 Å². The van der Waals surface area contributed by atoms with E-state index in [1.54, 1.807) is 11.3 Å². The number of carbonyl (C=O) groups is 1. The van der Waals surface area contributed by atoms with Gasteiger partial charge in [0, 0.05) is 18.5 Å². The van der Waals surface area contributed by atoms with E-state index in [2.05, 4.69) is 9.88 Å². The van der Waals surface area contributed by atoms with Crippen LogP contribution in [0, 0.1) is 11.8 Å². The number of aromatic nitrogens is 1. The Kier molecular flexibility index (Phi) is 4.08. The van der Waals surface area contributed by atoms with Crippen molar-refractivity contribution in [2.75, 3.05) is 13.1 Å². The molecule has 19 heavy (non-hydrogen) atoms. The summed E-state index contributed by atoms with van der Waals surface area (Å²) >= 11 is 7.29. The van der Waals surface area contributed by atoms with Gasteiger partial charge >= 0.3 is 0 Å². The summed E-state index contributed by atoms with van der Waals surface area (Å²) in [6.45, 7) is 1.92. The molecule has 0 bridgehead atoms. The van der Waals surface area contributed by atoms with E-state index in [1.807, 2.05) is 5.38 Å². The maximum absolute atomic E-state index is 12.4. The molecule has 2 aliphatic carbocycles. The molecule has 0 aromatic carbocycles. The molecule has 5 heteroatoms. The first kappa shape index (κ1) is 13.4. The van der Waals surface area contributed by atoms with Crippen LogP contribution >= 0.6 is 22.9 Å². The topological polar surface area (TPSA) is 33.2 Å². The lowest BCUT2D eigenvalue weighted by Gasteiger charge is -2.22. The lowest BCUT2D eigenvalue weighted by atomic mass is 10.2. The van der Waals surface area contributed by atoms with Crippen molar-refractivity contribution in [2.24, 2.45) is 11.8 Å². The van der Waals surface area contributed by atoms with Crippen molar-refractivity contribution in [3.63, 3.8) is 0 Å². The molecule has 0 radical (unpaired) electrons. The number of amides is 1. The molecule has 0 saturated heterocycles. The lowest BCUT2D eigenvalue weighted by Crippen LogP contribution is -2.35. The summed E-state index contributed by atoms with van der Waals surface area (Å²) in [5, 5.41) is 2.85. The van der Waals surface area contributed by atoms with Crippen LogP contribution in [0.1, 0.15) is 36.4 Å². The number of carbonyl (C=O) groups excluding carboxylic acids is 1. The maximum atomic E-state index is 12.4. The Balaban J connectivity index is 1.57. The fraction of sp³-hybridized carbons (Fsp3) is 0.714. The van der Waals surface area contributed by atoms with Gasteiger partial charge in [0.15, 0.2) is 0 Å². The third-order valence-electron chi connectivity index (χ3n) is 3.74. The van der Waals surface area contributed by atoms with Crippen molar-refractivity contribution >= 4 is 28.8 Å². The van der Waals surface area contributed by atoms with Gasteiger partial charge in [-0.3, -0.25) is 4.79 Å². The van der Waals surface area contributed by atoms with Crippen molar-refractivity contribution in [2.45, 2.75) is 38.0 Å². The molecule has 3 rings (SSSR count). The number of nitrogens with zero attached hydrogens (tertiary/aromatic N) is 2. The molecule has 3 nitrogen and oxygen atoms in total. The second kappa shape index (κ2) is 5.80. The van der Waals surface area contributed by atoms with Crippen LogP contribution in [0.4, 0.5) is 0 Å². The highest BCUT2D eigenvalue weighted by atomic mass is 35.5. The van der Waals surface area contributed by atoms with E-state index in [0.717, 1.165) is 35.6 Å². The van der Waals surface area contributed by atoms with Crippen LogP contribution in [0.15, 0.2) is 5.38 Å². The zero-order chi connectivity index (χ0) is 13.2. The minimum atomic E-state index is 0.245. The van der Waals surface area contributed by atoms with Crippen LogP contribution in [0.5, 0.6) is 0 Å². The Labute approximate surface area is 123 Å². The Morgan fingerprint density at radius 2 is 1.95 bits per heavy atom. The second-order valence-electron chi connectivity index (χ2n) is 5.73. The molecule has 104 valence electrons. The molecule has 0 unspecified atom stereocenters. The quantitative estimate of drug-likeness (QED) is 0.725. The molecule has 0 spiro atoms. The van der Waals surface area contributed by atoms with Crippen molar-refractivity contribution in [3.8, 4) is 0 Å². The number of hydrogen-bond donors (Lipinski definition) is 0. The molecular formula is C14H19ClN2OS. The van der Waals surface area contributed by atoms with Crippen molar-refractivity contribution in [1.82, 2.24) is 9.88 Å². The van der Waals surface area contributed by atoms with Crippen LogP contribution in [-0.4, -0.2) is 28.9 Å². The van der Waals surface area contributed by atoms with Gasteiger partial charge in [-0.15, -0.1) is 22.9 Å². The molecule has 1 aromatic rings. The first-order valence-corrected chi connectivity index (χ1v) is 8.43. The summed E-state index contributed by atoms with van der Waals surface area (Å²) in [6, 6.07) is 0. The highest BCUT2D eigenvalue weighted by Gasteiger charge is 2.31. The molecule has 2 saturated carbocycles. The van der Waals surface area contributed by atoms with Gasteiger partial charge in [-0.2, -0.15) is 0 Å². The summed E-state index contributed by atoms with van der Waals surface area (Å²) in [7, 11) is 0. The van der Waals surface area contributed by atoms with E-state index >= 15 is 0 Å². The molecular weight excluding hydrogens is 280 g/mol. The van der Waals surface area contributed by atoms with Crippen molar-refractivity contribution in [1.29, 1.82) is 0 Å². The molecule has 1 heterocycles. The number of alkyl halides is 1. The number of thiazole rings is 1. The Morgan fingerprint density at radius 1 is 1.32 bits per heavy atom. The van der Waals surface area contributed by atoms with E-state index in [1.165, 1.54) is 25.7 Å². The summed E-state index contributed by atoms with van der Waals surface area (Å²) < 4.78 is 0. The van der Waals surface area contributed by atoms with E-state index < -0.39 is 0 Å². The van der Waals surface area contributed by atoms with Crippen molar-refractivity contribution in [3.05, 3.63) is 16.1 Å². The van der Waals surface area contributed by atoms with Gasteiger partial charge < -0.3 is 4.90 Å². The maximum Gasteiger partial charge on any atom is 0.229 e. The summed E-state index contributed by atoms with van der Waals surface area (Å²) in [5.74, 6) is 2.20. The number of rotatable bonds is 7. The Morgan fingerprint density at radius 3 is 2.42 bits per heavy atom. The largest absolute Gasteiger partial charge is 0.342 e. The fourth-order valence-corrected chi connectivity index (χ4v) is 3.25. The molecule has 2 fully saturated rings. The zero-order valence-corrected chi connectivity index (χ0v) is 12.6. The summed E-state index contributed by atoms with van der Waals surface area (Å²) in [6.07, 6.45) is 5.62. The van der Waals surface area contributed by atoms with E-state index in [-0.39, 0.29) is 5.91 Å². The molecule has 0 N–H and O–H groups in total. The SMILES string of the molecule is O=C(Cc1nc(CCl)cs1)N(CC1CC1)CC1CC1. The third-order valence-corrected chi connectivity index (χ3v) is 4.91. The summed E-state index contributed by atoms with van der Waals surface area (Å²) in [4.78, 5) is 18.9. The second-order valence-corrected chi connectivity index (χ2v) is 6.94. The van der Waals surface area contributed by atoms with E-state index in [0.29, 0.717) is 12.3 Å². The van der Waals surface area contributed by atoms with Crippen LogP contribution in [0.2, 0.25) is 0 Å². The van der Waals surface area contributed by atoms with Gasteiger partial charge in [-0.05, 0) is 37.5 Å². The first-order chi connectivity index (χ1) is 9.24. The first-order valence-electron chi connectivity index (χ1n) is 7.01. The van der Waals surface area contributed by atoms with Gasteiger partial charge in [0.05, 0.1) is 18.0 Å². The van der Waals surface area contributed by atoms with Gasteiger partial charge in [-0.25, -0.2) is 4.98 Å². The zero-order valence-electron chi connectivity index (χ0n) is 11.0. The molecule has 0 atom stereocenters. The highest BCUT2D eigenvalue weighted by Crippen LogP contribution is 2.34. The van der Waals surface area contributed by atoms with Gasteiger partial charge in [0.1, 0.15) is 5.01 Å². The highest BCUT2D eigenvalue weighted by molar-refractivity contribution is 7.09. The van der Waals surface area contributed by atoms with Crippen LogP contribution in [0.3, 0.4) is 0 Å². The predicted octanol–water partition coefficient (Wildman–Crippen LogP) is 3.07. The fourth-order valence-electron chi connectivity index (χ4n) is 2.24. The monoisotopic (exact) mass is 298 g/mol. The Hall–Kier alpha value is -0.610. The predicted molar refractivity (Wildman–Crippen MR) is 77.4 cm³/mol. The van der Waals surface area contributed by atoms with Crippen LogP contribution in [0.25, 0.3) is 0 Å². The standard InChI is InChI=1S/C14H19ClN2OS/c15-6-12-9-19-13(16-12)5-14(18)17(7-10-1-2-10)8-11-3-4-11/h9-11H,1-8H2. The molecule has 0 aliphatic heterocycles. The molecule has 2 aliphatic rings. The Bertz CT molecular complexity index is 440. The lowest BCUT2D eigenvalue weighted by molar-refractivity contribution is -0.131. The smallest absolute Gasteiger partial charge is 0.229 e. The van der Waals surface area contributed by atoms with E-state index in [9.17, 15) is 4.79 Å². The number of halogens is 1. The van der Waals surface area contributed by atoms with Gasteiger partial charge in [0.25, 0.3) is 0 Å². The van der Waals surface area contributed by atoms with Crippen LogP contribution < -0.4 is 0 Å². The average Bonchev–Trinajstić information content (AvgIpc) is 3.32. The third kappa shape index (κ3) is 3.93. The number of hydrogen-bond acceptors (Lipinski definition) is 3. The minimum absolute atomic E-state index is 0.245. The van der Waals surface area contributed by atoms with Gasteiger partial charge in [-0.1, -0.05) is 0 Å². The molecule has 1 aromatic heterocycles. The normalized spacial score (nSPS) is 18.6. The molecule has 1 amide bonds. The summed E-state index contributed by atoms with van der Waals surface area (Å²) in [5.41, 5.74) is 0.880. The average molecular weight is 299 g/mol. The minimum Gasteiger partial charge on any atom is -0.342 e. The van der Waals surface area contributed by atoms with Crippen molar-refractivity contribution < 1.29 is 4.79 Å². The van der Waals surface area contributed by atoms with Crippen LogP contribution in [-0.2, 0) is 17.1 Å². The van der Waals surface area contributed by atoms with Gasteiger partial charge in [0.2, 0.25) is 5.91 Å².